The van der Waals surface area contributed by atoms with Crippen molar-refractivity contribution in [1.82, 2.24) is 9.97 Å². The molecule has 3 aliphatic rings. The number of aromatic amines is 1. The van der Waals surface area contributed by atoms with E-state index in [0.29, 0.717) is 41.8 Å². The summed E-state index contributed by atoms with van der Waals surface area (Å²) < 4.78 is 10.8. The monoisotopic (exact) mass is 816 g/mol. The third kappa shape index (κ3) is 7.79. The molecule has 1 saturated heterocycles. The molecule has 314 valence electrons. The number of carboxylic acid groups (broad SMARTS) is 1. The SMILES string of the molecule is N[C@H]1CCC[C@]1(C[C@@H]1c2cc(O)c(O[C@]3(O)O[C@H](CO)[C@@H](O)[C@H](O)[C@H]3O)cc2N(C(=O)/C=C/c2ccc(O)c(Cc3[nH]cnc3CCO)c2)[C@H]1C(=O)O)c1ccccc1. The molecule has 2 aliphatic heterocycles. The lowest BCUT2D eigenvalue weighted by Crippen LogP contribution is -2.67. The Morgan fingerprint density at radius 2 is 1.80 bits per heavy atom. The van der Waals surface area contributed by atoms with Gasteiger partial charge in [0.25, 0.3) is 5.91 Å². The highest BCUT2D eigenvalue weighted by Crippen LogP contribution is 2.54. The predicted octanol–water partition coefficient (Wildman–Crippen LogP) is 0.881. The van der Waals surface area contributed by atoms with Crippen LogP contribution >= 0.6 is 0 Å². The Hall–Kier alpha value is -5.37. The van der Waals surface area contributed by atoms with Crippen LogP contribution in [0.15, 0.2) is 73.1 Å². The van der Waals surface area contributed by atoms with Gasteiger partial charge in [-0.3, -0.25) is 9.69 Å². The van der Waals surface area contributed by atoms with Gasteiger partial charge in [-0.05, 0) is 60.2 Å². The van der Waals surface area contributed by atoms with E-state index < -0.39 is 77.7 Å². The van der Waals surface area contributed by atoms with Gasteiger partial charge in [0.1, 0.15) is 30.1 Å². The molecule has 17 nitrogen and oxygen atoms in total. The Kier molecular flexibility index (Phi) is 11.8. The number of nitrogens with one attached hydrogen (secondary N) is 1. The quantitative estimate of drug-likeness (QED) is 0.0660. The summed E-state index contributed by atoms with van der Waals surface area (Å²) in [4.78, 5) is 36.1. The maximum atomic E-state index is 14.4. The Labute approximate surface area is 338 Å². The summed E-state index contributed by atoms with van der Waals surface area (Å²) in [6, 6.07) is 14.6. The van der Waals surface area contributed by atoms with Crippen molar-refractivity contribution in [2.75, 3.05) is 18.1 Å². The van der Waals surface area contributed by atoms with E-state index in [4.69, 9.17) is 15.2 Å². The molecule has 4 aromatic rings. The molecular weight excluding hydrogens is 768 g/mol. The van der Waals surface area contributed by atoms with Crippen LogP contribution in [0.3, 0.4) is 0 Å². The van der Waals surface area contributed by atoms with Crippen LogP contribution in [0.4, 0.5) is 5.69 Å². The number of aromatic nitrogens is 2. The van der Waals surface area contributed by atoms with Gasteiger partial charge >= 0.3 is 11.9 Å². The summed E-state index contributed by atoms with van der Waals surface area (Å²) in [5.41, 5.74) is 9.53. The number of fused-ring (bicyclic) bond motifs is 1. The number of aliphatic hydroxyl groups excluding tert-OH is 5. The van der Waals surface area contributed by atoms with Gasteiger partial charge in [0.15, 0.2) is 17.6 Å². The number of hydrogen-bond donors (Lipinski definition) is 11. The summed E-state index contributed by atoms with van der Waals surface area (Å²) in [6.45, 7) is -1.01. The van der Waals surface area contributed by atoms with Crippen molar-refractivity contribution < 1.29 is 65.0 Å². The molecule has 3 aromatic carbocycles. The minimum Gasteiger partial charge on any atom is -0.508 e. The number of amides is 1. The number of nitrogens with zero attached hydrogens (tertiary/aromatic N) is 2. The molecule has 3 heterocycles. The highest BCUT2D eigenvalue weighted by molar-refractivity contribution is 6.10. The number of phenolic OH excluding ortho intramolecular Hbond substituents is 2. The average molecular weight is 817 g/mol. The molecule has 0 radical (unpaired) electrons. The molecule has 1 amide bonds. The van der Waals surface area contributed by atoms with Crippen molar-refractivity contribution in [2.45, 2.75) is 92.3 Å². The number of imidazole rings is 1. The molecule has 0 bridgehead atoms. The van der Waals surface area contributed by atoms with Crippen LogP contribution in [0.2, 0.25) is 0 Å². The number of aliphatic carboxylic acids is 1. The van der Waals surface area contributed by atoms with Gasteiger partial charge in [0, 0.05) is 60.2 Å². The maximum Gasteiger partial charge on any atom is 0.355 e. The zero-order valence-electron chi connectivity index (χ0n) is 31.8. The standard InChI is InChI=1S/C42H48N4O13/c43-34-7-4-13-41(34,24-5-2-1-3-6-24)19-26-25-17-31(50)32(58-42(57)39(54)38(53)37(52)33(20-48)59-42)18-29(25)46(36(26)40(55)56)35(51)11-9-22-8-10-30(49)23(15-22)16-28-27(12-14-47)44-21-45-28/h1-3,5-6,8-11,15,17-18,21,26,33-34,36-39,47-50,52-54,57H,4,7,12-14,16,19-20,43H2,(H,44,45)(H,55,56)/b11-9+/t26-,33-,34+,36-,37-,38+,39-,41+,42+/m1/s1. The zero-order chi connectivity index (χ0) is 42.2. The Morgan fingerprint density at radius 1 is 1.03 bits per heavy atom. The number of ether oxygens (including phenoxy) is 2. The van der Waals surface area contributed by atoms with Crippen LogP contribution in [0.1, 0.15) is 65.2 Å². The molecule has 0 unspecified atom stereocenters. The number of carbonyl (C=O) groups excluding carboxylic acids is 1. The number of nitrogens with two attached hydrogens (primary N) is 1. The topological polar surface area (TPSA) is 293 Å². The van der Waals surface area contributed by atoms with Gasteiger partial charge in [-0.15, -0.1) is 0 Å². The van der Waals surface area contributed by atoms with Gasteiger partial charge in [0.2, 0.25) is 0 Å². The molecular formula is C42H48N4O13. The van der Waals surface area contributed by atoms with Crippen molar-refractivity contribution in [3.05, 3.63) is 107 Å². The van der Waals surface area contributed by atoms with Gasteiger partial charge in [0.05, 0.1) is 24.3 Å². The van der Waals surface area contributed by atoms with Crippen molar-refractivity contribution in [3.8, 4) is 17.2 Å². The third-order valence-electron chi connectivity index (χ3n) is 11.9. The molecule has 59 heavy (non-hydrogen) atoms. The lowest BCUT2D eigenvalue weighted by atomic mass is 9.68. The third-order valence-corrected chi connectivity index (χ3v) is 11.9. The second kappa shape index (κ2) is 16.7. The average Bonchev–Trinajstić information content (AvgIpc) is 3.91. The number of benzene rings is 3. The van der Waals surface area contributed by atoms with E-state index in [2.05, 4.69) is 9.97 Å². The number of H-pyrrole nitrogens is 1. The van der Waals surface area contributed by atoms with E-state index in [1.54, 1.807) is 12.1 Å². The summed E-state index contributed by atoms with van der Waals surface area (Å²) in [5.74, 6) is -7.47. The number of aliphatic hydroxyl groups is 6. The number of carbonyl (C=O) groups is 2. The largest absolute Gasteiger partial charge is 0.508 e. The number of rotatable bonds is 13. The minimum atomic E-state index is -3.13. The van der Waals surface area contributed by atoms with Crippen molar-refractivity contribution in [2.24, 2.45) is 5.73 Å². The molecule has 2 fully saturated rings. The Bertz CT molecular complexity index is 2200. The zero-order valence-corrected chi connectivity index (χ0v) is 31.8. The van der Waals surface area contributed by atoms with Crippen molar-refractivity contribution >= 4 is 23.6 Å². The fourth-order valence-corrected chi connectivity index (χ4v) is 8.89. The predicted molar refractivity (Wildman–Crippen MR) is 209 cm³/mol. The van der Waals surface area contributed by atoms with Crippen LogP contribution in [-0.2, 0) is 32.6 Å². The smallest absolute Gasteiger partial charge is 0.355 e. The fourth-order valence-electron chi connectivity index (χ4n) is 8.89. The van der Waals surface area contributed by atoms with Gasteiger partial charge < -0.3 is 66.2 Å². The van der Waals surface area contributed by atoms with Crippen molar-refractivity contribution in [1.29, 1.82) is 0 Å². The molecule has 1 aromatic heterocycles. The van der Waals surface area contributed by atoms with E-state index >= 15 is 0 Å². The highest BCUT2D eigenvalue weighted by atomic mass is 16.8. The summed E-state index contributed by atoms with van der Waals surface area (Å²) in [7, 11) is 0. The highest BCUT2D eigenvalue weighted by Gasteiger charge is 2.56. The number of phenols is 2. The molecule has 12 N–H and O–H groups in total. The Balaban J connectivity index is 1.29. The number of anilines is 1. The van der Waals surface area contributed by atoms with E-state index in [1.807, 2.05) is 30.3 Å². The first-order chi connectivity index (χ1) is 28.2. The number of aromatic hydroxyl groups is 2. The molecule has 17 heteroatoms. The van der Waals surface area contributed by atoms with Crippen LogP contribution in [0.25, 0.3) is 6.08 Å². The minimum absolute atomic E-state index is 0.0186. The van der Waals surface area contributed by atoms with E-state index in [1.165, 1.54) is 30.6 Å². The van der Waals surface area contributed by atoms with Crippen LogP contribution in [0.5, 0.6) is 17.2 Å². The molecule has 9 atom stereocenters. The molecule has 1 aliphatic carbocycles. The van der Waals surface area contributed by atoms with Crippen LogP contribution in [-0.4, -0.2) is 123 Å². The molecule has 1 saturated carbocycles. The van der Waals surface area contributed by atoms with Gasteiger partial charge in [-0.2, -0.15) is 0 Å². The van der Waals surface area contributed by atoms with Gasteiger partial charge in [-0.1, -0.05) is 42.8 Å². The van der Waals surface area contributed by atoms with Crippen LogP contribution in [0, 0.1) is 0 Å². The lowest BCUT2D eigenvalue weighted by Gasteiger charge is -2.44. The first-order valence-corrected chi connectivity index (χ1v) is 19.3. The summed E-state index contributed by atoms with van der Waals surface area (Å²) in [5, 5.41) is 94.7. The van der Waals surface area contributed by atoms with E-state index in [9.17, 15) is 55.5 Å². The Morgan fingerprint density at radius 3 is 2.47 bits per heavy atom. The summed E-state index contributed by atoms with van der Waals surface area (Å²) in [6.07, 6.45) is -0.933. The van der Waals surface area contributed by atoms with E-state index in [-0.39, 0.29) is 42.5 Å². The van der Waals surface area contributed by atoms with Gasteiger partial charge in [-0.25, -0.2) is 9.78 Å². The second-order valence-electron chi connectivity index (χ2n) is 15.4. The maximum absolute atomic E-state index is 14.4. The molecule has 0 spiro atoms. The molecule has 7 rings (SSSR count). The fraction of sp³-hybridized carbons (Fsp3) is 0.405. The number of carboxylic acids is 1. The van der Waals surface area contributed by atoms with E-state index in [0.717, 1.165) is 23.0 Å². The van der Waals surface area contributed by atoms with Crippen molar-refractivity contribution in [3.63, 3.8) is 0 Å². The first-order valence-electron chi connectivity index (χ1n) is 19.3. The van der Waals surface area contributed by atoms with Crippen LogP contribution < -0.4 is 15.4 Å². The lowest BCUT2D eigenvalue weighted by molar-refractivity contribution is -0.422. The normalized spacial score (nSPS) is 29.2. The number of hydrogen-bond acceptors (Lipinski definition) is 14. The first kappa shape index (κ1) is 41.8. The summed E-state index contributed by atoms with van der Waals surface area (Å²) >= 11 is 0. The second-order valence-corrected chi connectivity index (χ2v) is 15.4.